The molecule has 0 aliphatic carbocycles. The third-order valence-corrected chi connectivity index (χ3v) is 3.69. The number of carbonyl (C=O) groups is 2. The summed E-state index contributed by atoms with van der Waals surface area (Å²) in [7, 11) is 0. The number of nitrogens with one attached hydrogen (secondary N) is 2. The lowest BCUT2D eigenvalue weighted by Gasteiger charge is -2.12. The minimum Gasteiger partial charge on any atom is -0.481 e. The standard InChI is InChI=1S/C14H15N3O3S/c1-9(13-15-6-7-21-13)16-14(20)17-11-4-2-10(3-5-11)8-12(18)19/h2-7,9H,8H2,1H3,(H,18,19)(H2,16,17,20). The minimum atomic E-state index is -0.884. The van der Waals surface area contributed by atoms with E-state index in [9.17, 15) is 9.59 Å². The Morgan fingerprint density at radius 2 is 2.05 bits per heavy atom. The van der Waals surface area contributed by atoms with Gasteiger partial charge in [-0.05, 0) is 24.6 Å². The van der Waals surface area contributed by atoms with E-state index >= 15 is 0 Å². The molecule has 0 radical (unpaired) electrons. The van der Waals surface area contributed by atoms with E-state index in [-0.39, 0.29) is 18.5 Å². The second-order valence-electron chi connectivity index (χ2n) is 4.46. The summed E-state index contributed by atoms with van der Waals surface area (Å²) in [6, 6.07) is 6.19. The molecular weight excluding hydrogens is 290 g/mol. The highest BCUT2D eigenvalue weighted by atomic mass is 32.1. The SMILES string of the molecule is CC(NC(=O)Nc1ccc(CC(=O)O)cc1)c1nccs1. The lowest BCUT2D eigenvalue weighted by Crippen LogP contribution is -2.31. The van der Waals surface area contributed by atoms with Crippen molar-refractivity contribution < 1.29 is 14.7 Å². The molecule has 3 N–H and O–H groups in total. The van der Waals surface area contributed by atoms with Gasteiger partial charge in [0.05, 0.1) is 12.5 Å². The number of aliphatic carboxylic acids is 1. The van der Waals surface area contributed by atoms with Crippen molar-refractivity contribution in [3.63, 3.8) is 0 Å². The predicted molar refractivity (Wildman–Crippen MR) is 80.5 cm³/mol. The van der Waals surface area contributed by atoms with Gasteiger partial charge in [0.1, 0.15) is 5.01 Å². The van der Waals surface area contributed by atoms with E-state index in [0.29, 0.717) is 11.3 Å². The van der Waals surface area contributed by atoms with Crippen molar-refractivity contribution in [3.05, 3.63) is 46.4 Å². The molecule has 0 bridgehead atoms. The molecule has 0 aliphatic heterocycles. The van der Waals surface area contributed by atoms with Crippen molar-refractivity contribution in [1.82, 2.24) is 10.3 Å². The maximum atomic E-state index is 11.8. The monoisotopic (exact) mass is 305 g/mol. The van der Waals surface area contributed by atoms with Gasteiger partial charge in [-0.25, -0.2) is 9.78 Å². The van der Waals surface area contributed by atoms with Crippen LogP contribution in [0.5, 0.6) is 0 Å². The molecule has 0 saturated heterocycles. The van der Waals surface area contributed by atoms with Gasteiger partial charge in [-0.1, -0.05) is 12.1 Å². The summed E-state index contributed by atoms with van der Waals surface area (Å²) in [5.74, 6) is -0.884. The summed E-state index contributed by atoms with van der Waals surface area (Å²) < 4.78 is 0. The number of anilines is 1. The lowest BCUT2D eigenvalue weighted by molar-refractivity contribution is -0.136. The third kappa shape index (κ3) is 4.57. The van der Waals surface area contributed by atoms with Crippen LogP contribution in [0, 0.1) is 0 Å². The number of aromatic nitrogens is 1. The average Bonchev–Trinajstić information content (AvgIpc) is 2.94. The van der Waals surface area contributed by atoms with Gasteiger partial charge >= 0.3 is 12.0 Å². The second kappa shape index (κ2) is 6.85. The summed E-state index contributed by atoms with van der Waals surface area (Å²) in [5, 5.41) is 16.9. The fourth-order valence-electron chi connectivity index (χ4n) is 1.75. The molecule has 2 rings (SSSR count). The summed E-state index contributed by atoms with van der Waals surface area (Å²) in [6.07, 6.45) is 1.66. The molecule has 0 saturated carbocycles. The molecule has 0 aliphatic rings. The number of amides is 2. The van der Waals surface area contributed by atoms with Crippen LogP contribution >= 0.6 is 11.3 Å². The van der Waals surface area contributed by atoms with Crippen LogP contribution in [0.15, 0.2) is 35.8 Å². The topological polar surface area (TPSA) is 91.3 Å². The zero-order chi connectivity index (χ0) is 15.2. The van der Waals surface area contributed by atoms with Crippen molar-refractivity contribution in [2.24, 2.45) is 0 Å². The highest BCUT2D eigenvalue weighted by molar-refractivity contribution is 7.09. The van der Waals surface area contributed by atoms with Crippen molar-refractivity contribution in [2.45, 2.75) is 19.4 Å². The third-order valence-electron chi connectivity index (χ3n) is 2.74. The van der Waals surface area contributed by atoms with Crippen LogP contribution in [-0.4, -0.2) is 22.1 Å². The molecule has 110 valence electrons. The number of rotatable bonds is 5. The van der Waals surface area contributed by atoms with E-state index in [2.05, 4.69) is 15.6 Å². The Morgan fingerprint density at radius 1 is 1.33 bits per heavy atom. The smallest absolute Gasteiger partial charge is 0.319 e. The molecule has 1 atom stereocenters. The van der Waals surface area contributed by atoms with Crippen molar-refractivity contribution in [1.29, 1.82) is 0 Å². The van der Waals surface area contributed by atoms with Gasteiger partial charge in [-0.2, -0.15) is 0 Å². The Labute approximate surface area is 125 Å². The first-order valence-corrected chi connectivity index (χ1v) is 7.20. The molecule has 0 fully saturated rings. The quantitative estimate of drug-likeness (QED) is 0.792. The van der Waals surface area contributed by atoms with Crippen LogP contribution in [0.25, 0.3) is 0 Å². The van der Waals surface area contributed by atoms with Crippen LogP contribution in [0.4, 0.5) is 10.5 Å². The number of benzene rings is 1. The van der Waals surface area contributed by atoms with Crippen molar-refractivity contribution >= 4 is 29.0 Å². The normalized spacial score (nSPS) is 11.7. The first-order chi connectivity index (χ1) is 10.0. The van der Waals surface area contributed by atoms with Crippen LogP contribution in [0.3, 0.4) is 0 Å². The van der Waals surface area contributed by atoms with E-state index in [1.54, 1.807) is 30.5 Å². The number of carboxylic acids is 1. The summed E-state index contributed by atoms with van der Waals surface area (Å²) in [4.78, 5) is 26.6. The molecule has 2 aromatic rings. The Morgan fingerprint density at radius 3 is 2.62 bits per heavy atom. The van der Waals surface area contributed by atoms with Gasteiger partial charge in [0.2, 0.25) is 0 Å². The summed E-state index contributed by atoms with van der Waals surface area (Å²) in [5.41, 5.74) is 1.29. The summed E-state index contributed by atoms with van der Waals surface area (Å²) >= 11 is 1.48. The van der Waals surface area contributed by atoms with E-state index in [0.717, 1.165) is 5.01 Å². The van der Waals surface area contributed by atoms with Crippen LogP contribution in [-0.2, 0) is 11.2 Å². The van der Waals surface area contributed by atoms with Gasteiger partial charge in [0.15, 0.2) is 0 Å². The number of carboxylic acid groups (broad SMARTS) is 1. The molecule has 1 heterocycles. The second-order valence-corrected chi connectivity index (χ2v) is 5.38. The van der Waals surface area contributed by atoms with Crippen LogP contribution in [0.2, 0.25) is 0 Å². The fraction of sp³-hybridized carbons (Fsp3) is 0.214. The summed E-state index contributed by atoms with van der Waals surface area (Å²) in [6.45, 7) is 1.86. The van der Waals surface area contributed by atoms with E-state index in [1.807, 2.05) is 12.3 Å². The van der Waals surface area contributed by atoms with Crippen molar-refractivity contribution in [3.8, 4) is 0 Å². The molecule has 1 unspecified atom stereocenters. The maximum Gasteiger partial charge on any atom is 0.319 e. The number of hydrogen-bond donors (Lipinski definition) is 3. The Hall–Kier alpha value is -2.41. The molecule has 1 aromatic carbocycles. The van der Waals surface area contributed by atoms with Gasteiger partial charge < -0.3 is 15.7 Å². The first kappa shape index (κ1) is 15.0. The van der Waals surface area contributed by atoms with Gasteiger partial charge in [0, 0.05) is 17.3 Å². The van der Waals surface area contributed by atoms with E-state index in [1.165, 1.54) is 11.3 Å². The number of urea groups is 1. The highest BCUT2D eigenvalue weighted by Gasteiger charge is 2.11. The van der Waals surface area contributed by atoms with E-state index in [4.69, 9.17) is 5.11 Å². The molecule has 21 heavy (non-hydrogen) atoms. The fourth-order valence-corrected chi connectivity index (χ4v) is 2.40. The molecule has 6 nitrogen and oxygen atoms in total. The molecule has 2 amide bonds. The number of nitrogens with zero attached hydrogens (tertiary/aromatic N) is 1. The van der Waals surface area contributed by atoms with Gasteiger partial charge in [0.25, 0.3) is 0 Å². The number of carbonyl (C=O) groups excluding carboxylic acids is 1. The zero-order valence-electron chi connectivity index (χ0n) is 11.4. The van der Waals surface area contributed by atoms with Crippen molar-refractivity contribution in [2.75, 3.05) is 5.32 Å². The highest BCUT2D eigenvalue weighted by Crippen LogP contribution is 2.15. The largest absolute Gasteiger partial charge is 0.481 e. The van der Waals surface area contributed by atoms with Crippen LogP contribution < -0.4 is 10.6 Å². The average molecular weight is 305 g/mol. The molecular formula is C14H15N3O3S. The van der Waals surface area contributed by atoms with Gasteiger partial charge in [-0.15, -0.1) is 11.3 Å². The Bertz CT molecular complexity index is 611. The predicted octanol–water partition coefficient (Wildman–Crippen LogP) is 2.65. The lowest BCUT2D eigenvalue weighted by atomic mass is 10.1. The first-order valence-electron chi connectivity index (χ1n) is 6.32. The van der Waals surface area contributed by atoms with Gasteiger partial charge in [-0.3, -0.25) is 4.79 Å². The zero-order valence-corrected chi connectivity index (χ0v) is 12.2. The maximum absolute atomic E-state index is 11.8. The Kier molecular flexibility index (Phi) is 4.89. The van der Waals surface area contributed by atoms with E-state index < -0.39 is 5.97 Å². The molecule has 0 spiro atoms. The van der Waals surface area contributed by atoms with Crippen LogP contribution in [0.1, 0.15) is 23.5 Å². The number of hydrogen-bond acceptors (Lipinski definition) is 4. The molecule has 1 aromatic heterocycles. The Balaban J connectivity index is 1.89. The molecule has 7 heteroatoms. The minimum absolute atomic E-state index is 0.0342. The number of thiazole rings is 1.